The molecule has 1 fully saturated rings. The molecule has 1 aliphatic heterocycles. The van der Waals surface area contributed by atoms with E-state index in [2.05, 4.69) is 36.5 Å². The van der Waals surface area contributed by atoms with Gasteiger partial charge < -0.3 is 5.32 Å². The second kappa shape index (κ2) is 5.02. The highest BCUT2D eigenvalue weighted by atomic mass is 19.1. The lowest BCUT2D eigenvalue weighted by Gasteiger charge is -2.44. The fraction of sp³-hybridized carbons (Fsp3) is 0.333. The van der Waals surface area contributed by atoms with Gasteiger partial charge in [0.05, 0.1) is 0 Å². The lowest BCUT2D eigenvalue weighted by molar-refractivity contribution is 0.274. The predicted molar refractivity (Wildman–Crippen MR) is 80.6 cm³/mol. The molecule has 2 aromatic rings. The van der Waals surface area contributed by atoms with Gasteiger partial charge in [-0.05, 0) is 49.1 Å². The summed E-state index contributed by atoms with van der Waals surface area (Å²) < 4.78 is 13.2. The van der Waals surface area contributed by atoms with E-state index in [1.807, 2.05) is 13.0 Å². The van der Waals surface area contributed by atoms with E-state index in [9.17, 15) is 4.39 Å². The quantitative estimate of drug-likeness (QED) is 0.899. The van der Waals surface area contributed by atoms with Crippen molar-refractivity contribution in [2.75, 3.05) is 13.1 Å². The molecule has 0 amide bonds. The van der Waals surface area contributed by atoms with Crippen LogP contribution in [0, 0.1) is 19.7 Å². The van der Waals surface area contributed by atoms with Crippen LogP contribution < -0.4 is 5.32 Å². The van der Waals surface area contributed by atoms with E-state index in [1.165, 1.54) is 16.7 Å². The third kappa shape index (κ3) is 2.36. The molecule has 0 unspecified atom stereocenters. The maximum Gasteiger partial charge on any atom is 0.123 e. The Morgan fingerprint density at radius 2 is 1.90 bits per heavy atom. The van der Waals surface area contributed by atoms with Crippen LogP contribution >= 0.6 is 0 Å². The summed E-state index contributed by atoms with van der Waals surface area (Å²) in [5.74, 6) is -0.150. The molecule has 0 spiro atoms. The SMILES string of the molecule is Cc1cccc(C2(Cc3ccc(F)cc3C)CNC2)c1. The zero-order valence-electron chi connectivity index (χ0n) is 12.0. The molecule has 0 aliphatic carbocycles. The van der Waals surface area contributed by atoms with Gasteiger partial charge in [-0.2, -0.15) is 0 Å². The van der Waals surface area contributed by atoms with Crippen LogP contribution in [0.15, 0.2) is 42.5 Å². The van der Waals surface area contributed by atoms with E-state index in [0.29, 0.717) is 0 Å². The van der Waals surface area contributed by atoms with Crippen molar-refractivity contribution in [3.63, 3.8) is 0 Å². The molecule has 1 saturated heterocycles. The van der Waals surface area contributed by atoms with Gasteiger partial charge in [-0.3, -0.25) is 0 Å². The van der Waals surface area contributed by atoms with Crippen molar-refractivity contribution in [1.82, 2.24) is 5.32 Å². The Kier molecular flexibility index (Phi) is 3.35. The van der Waals surface area contributed by atoms with E-state index < -0.39 is 0 Å². The average molecular weight is 269 g/mol. The molecule has 20 heavy (non-hydrogen) atoms. The van der Waals surface area contributed by atoms with Gasteiger partial charge in [0.1, 0.15) is 5.82 Å². The van der Waals surface area contributed by atoms with Crippen molar-refractivity contribution >= 4 is 0 Å². The van der Waals surface area contributed by atoms with Gasteiger partial charge in [-0.1, -0.05) is 35.9 Å². The van der Waals surface area contributed by atoms with E-state index in [4.69, 9.17) is 0 Å². The van der Waals surface area contributed by atoms with Crippen molar-refractivity contribution in [3.05, 3.63) is 70.5 Å². The fourth-order valence-corrected chi connectivity index (χ4v) is 3.06. The molecule has 1 heterocycles. The zero-order valence-corrected chi connectivity index (χ0v) is 12.0. The van der Waals surface area contributed by atoms with Gasteiger partial charge >= 0.3 is 0 Å². The first-order valence-corrected chi connectivity index (χ1v) is 7.12. The van der Waals surface area contributed by atoms with Crippen LogP contribution in [0.1, 0.15) is 22.3 Å². The van der Waals surface area contributed by atoms with Gasteiger partial charge in [-0.15, -0.1) is 0 Å². The first-order chi connectivity index (χ1) is 9.59. The van der Waals surface area contributed by atoms with Crippen molar-refractivity contribution in [2.45, 2.75) is 25.7 Å². The van der Waals surface area contributed by atoms with Crippen molar-refractivity contribution in [1.29, 1.82) is 0 Å². The normalized spacial score (nSPS) is 16.8. The molecule has 0 aromatic heterocycles. The van der Waals surface area contributed by atoms with Gasteiger partial charge in [0.2, 0.25) is 0 Å². The van der Waals surface area contributed by atoms with Crippen LogP contribution in [-0.2, 0) is 11.8 Å². The van der Waals surface area contributed by atoms with E-state index in [-0.39, 0.29) is 11.2 Å². The maximum atomic E-state index is 13.2. The number of halogens is 1. The number of benzene rings is 2. The number of hydrogen-bond acceptors (Lipinski definition) is 1. The minimum atomic E-state index is -0.150. The molecular weight excluding hydrogens is 249 g/mol. The second-order valence-electron chi connectivity index (χ2n) is 6.00. The summed E-state index contributed by atoms with van der Waals surface area (Å²) in [6, 6.07) is 13.9. The smallest absolute Gasteiger partial charge is 0.123 e. The van der Waals surface area contributed by atoms with Gasteiger partial charge in [-0.25, -0.2) is 4.39 Å². The molecule has 3 rings (SSSR count). The minimum absolute atomic E-state index is 0.150. The lowest BCUT2D eigenvalue weighted by atomic mass is 9.70. The number of aryl methyl sites for hydroxylation is 2. The molecule has 2 heteroatoms. The molecule has 0 bridgehead atoms. The molecule has 1 N–H and O–H groups in total. The molecule has 0 atom stereocenters. The van der Waals surface area contributed by atoms with Crippen molar-refractivity contribution in [2.24, 2.45) is 0 Å². The summed E-state index contributed by atoms with van der Waals surface area (Å²) in [4.78, 5) is 0. The maximum absolute atomic E-state index is 13.2. The van der Waals surface area contributed by atoms with Crippen LogP contribution in [0.5, 0.6) is 0 Å². The molecule has 0 saturated carbocycles. The summed E-state index contributed by atoms with van der Waals surface area (Å²) in [7, 11) is 0. The average Bonchev–Trinajstić information content (AvgIpc) is 2.36. The van der Waals surface area contributed by atoms with Crippen LogP contribution in [0.2, 0.25) is 0 Å². The molecule has 1 aliphatic rings. The van der Waals surface area contributed by atoms with E-state index >= 15 is 0 Å². The topological polar surface area (TPSA) is 12.0 Å². The Balaban J connectivity index is 1.94. The van der Waals surface area contributed by atoms with Gasteiger partial charge in [0.15, 0.2) is 0 Å². The summed E-state index contributed by atoms with van der Waals surface area (Å²) in [6.45, 7) is 6.11. The molecular formula is C18H20FN. The molecule has 104 valence electrons. The standard InChI is InChI=1S/C18H20FN/c1-13-4-3-5-16(8-13)18(11-20-12-18)10-15-6-7-17(19)9-14(15)2/h3-9,20H,10-12H2,1-2H3. The highest BCUT2D eigenvalue weighted by molar-refractivity contribution is 5.38. The summed E-state index contributed by atoms with van der Waals surface area (Å²) >= 11 is 0. The Morgan fingerprint density at radius 1 is 1.10 bits per heavy atom. The summed E-state index contributed by atoms with van der Waals surface area (Å²) in [6.07, 6.45) is 0.968. The van der Waals surface area contributed by atoms with Crippen LogP contribution in [0.3, 0.4) is 0 Å². The Morgan fingerprint density at radius 3 is 2.50 bits per heavy atom. The highest BCUT2D eigenvalue weighted by Crippen LogP contribution is 2.33. The third-order valence-corrected chi connectivity index (χ3v) is 4.39. The van der Waals surface area contributed by atoms with Crippen LogP contribution in [-0.4, -0.2) is 13.1 Å². The summed E-state index contributed by atoms with van der Waals surface area (Å²) in [5.41, 5.74) is 5.14. The monoisotopic (exact) mass is 269 g/mol. The van der Waals surface area contributed by atoms with Crippen molar-refractivity contribution < 1.29 is 4.39 Å². The van der Waals surface area contributed by atoms with Crippen LogP contribution in [0.25, 0.3) is 0 Å². The fourth-order valence-electron chi connectivity index (χ4n) is 3.06. The van der Waals surface area contributed by atoms with E-state index in [1.54, 1.807) is 12.1 Å². The second-order valence-corrected chi connectivity index (χ2v) is 6.00. The van der Waals surface area contributed by atoms with Gasteiger partial charge in [0, 0.05) is 18.5 Å². The zero-order chi connectivity index (χ0) is 14.2. The number of rotatable bonds is 3. The Labute approximate surface area is 119 Å². The summed E-state index contributed by atoms with van der Waals surface area (Å²) in [5, 5.41) is 3.40. The Bertz CT molecular complexity index is 629. The minimum Gasteiger partial charge on any atom is -0.315 e. The van der Waals surface area contributed by atoms with Crippen LogP contribution in [0.4, 0.5) is 4.39 Å². The molecule has 1 nitrogen and oxygen atoms in total. The largest absolute Gasteiger partial charge is 0.315 e. The first kappa shape index (κ1) is 13.3. The Hall–Kier alpha value is -1.67. The predicted octanol–water partition coefficient (Wildman–Crippen LogP) is 3.53. The number of nitrogens with one attached hydrogen (secondary N) is 1. The first-order valence-electron chi connectivity index (χ1n) is 7.12. The highest BCUT2D eigenvalue weighted by Gasteiger charge is 2.38. The van der Waals surface area contributed by atoms with Gasteiger partial charge in [0.25, 0.3) is 0 Å². The third-order valence-electron chi connectivity index (χ3n) is 4.39. The lowest BCUT2D eigenvalue weighted by Crippen LogP contribution is -2.58. The molecule has 2 aromatic carbocycles. The number of hydrogen-bond donors (Lipinski definition) is 1. The van der Waals surface area contributed by atoms with E-state index in [0.717, 1.165) is 25.1 Å². The van der Waals surface area contributed by atoms with Crippen molar-refractivity contribution in [3.8, 4) is 0 Å². The molecule has 0 radical (unpaired) electrons.